The van der Waals surface area contributed by atoms with Crippen molar-refractivity contribution < 1.29 is 0 Å². The maximum Gasteiger partial charge on any atom is 0.247 e. The van der Waals surface area contributed by atoms with Crippen LogP contribution in [0.3, 0.4) is 0 Å². The van der Waals surface area contributed by atoms with Crippen molar-refractivity contribution in [1.82, 2.24) is 0 Å². The molecule has 2 aliphatic rings. The molecule has 0 radical (unpaired) electrons. The summed E-state index contributed by atoms with van der Waals surface area (Å²) in [5.41, 5.74) is 22.3. The van der Waals surface area contributed by atoms with Crippen molar-refractivity contribution in [3.8, 4) is 33.4 Å². The van der Waals surface area contributed by atoms with E-state index in [9.17, 15) is 0 Å². The van der Waals surface area contributed by atoms with Gasteiger partial charge in [0.15, 0.2) is 0 Å². The number of hydrogen-bond donors (Lipinski definition) is 0. The van der Waals surface area contributed by atoms with Gasteiger partial charge in [-0.2, -0.15) is 0 Å². The molecule has 2 atom stereocenters. The first-order valence-electron chi connectivity index (χ1n) is 25.4. The summed E-state index contributed by atoms with van der Waals surface area (Å²) in [5, 5.41) is 5.09. The third-order valence-corrected chi connectivity index (χ3v) is 15.7. The lowest BCUT2D eigenvalue weighted by Gasteiger charge is -2.39. The average Bonchev–Trinajstić information content (AvgIpc) is 3.48. The second-order valence-electron chi connectivity index (χ2n) is 22.1. The van der Waals surface area contributed by atoms with Gasteiger partial charge >= 0.3 is 0 Å². The van der Waals surface area contributed by atoms with Crippen LogP contribution in [0.2, 0.25) is 0 Å². The molecule has 70 heavy (non-hydrogen) atoms. The number of rotatable bonds is 6. The maximum absolute atomic E-state index is 2.63. The number of para-hydroxylation sites is 1. The van der Waals surface area contributed by atoms with Gasteiger partial charge in [-0.05, 0) is 153 Å². The summed E-state index contributed by atoms with van der Waals surface area (Å²) in [6, 6.07) is 80.9. The quantitative estimate of drug-likeness (QED) is 0.119. The van der Waals surface area contributed by atoms with Crippen LogP contribution in [-0.4, -0.2) is 6.71 Å². The summed E-state index contributed by atoms with van der Waals surface area (Å²) in [6.07, 6.45) is 0.943. The first kappa shape index (κ1) is 43.8. The Morgan fingerprint density at radius 2 is 0.943 bits per heavy atom. The predicted molar refractivity (Wildman–Crippen MR) is 302 cm³/mol. The molecule has 340 valence electrons. The molecule has 2 heteroatoms. The van der Waals surface area contributed by atoms with E-state index in [1.165, 1.54) is 116 Å². The van der Waals surface area contributed by atoms with E-state index in [0.29, 0.717) is 0 Å². The van der Waals surface area contributed by atoms with Crippen molar-refractivity contribution in [3.63, 3.8) is 0 Å². The Morgan fingerprint density at radius 1 is 0.414 bits per heavy atom. The lowest BCUT2D eigenvalue weighted by Crippen LogP contribution is -2.58. The molecule has 2 aliphatic heterocycles. The van der Waals surface area contributed by atoms with E-state index in [2.05, 4.69) is 266 Å². The lowest BCUT2D eigenvalue weighted by molar-refractivity contribution is 0.578. The summed E-state index contributed by atoms with van der Waals surface area (Å²) in [7, 11) is 0. The van der Waals surface area contributed by atoms with E-state index < -0.39 is 0 Å². The van der Waals surface area contributed by atoms with E-state index in [1.807, 2.05) is 0 Å². The van der Waals surface area contributed by atoms with Gasteiger partial charge in [0.2, 0.25) is 6.71 Å². The Morgan fingerprint density at radius 3 is 1.57 bits per heavy atom. The predicted octanol–water partition coefficient (Wildman–Crippen LogP) is 16.3. The van der Waals surface area contributed by atoms with E-state index >= 15 is 0 Å². The zero-order chi connectivity index (χ0) is 47.9. The molecular weight excluding hydrogens is 842 g/mol. The van der Waals surface area contributed by atoms with Gasteiger partial charge in [-0.1, -0.05) is 236 Å². The molecule has 0 amide bonds. The standard InChI is InChI=1S/C68H60BN/c1-44-53-29-21-22-34-60(53)69-61-43-50(67(2,3)4)35-36-62(61)70(52-27-15-10-16-28-52)63-42-48(41-59(66(63)69)58(44)37-45-23-11-8-12-24-45)47-38-49(40-51(39-47)68(5,6)7)65-56-32-19-17-30-54(56)64(46-25-13-9-14-26-46)55-31-18-20-33-57(55)65/h8-36,38-44,58H,37H2,1-7H3. The van der Waals surface area contributed by atoms with Gasteiger partial charge in [0.05, 0.1) is 0 Å². The molecule has 1 nitrogen and oxygen atoms in total. The summed E-state index contributed by atoms with van der Waals surface area (Å²) in [5.74, 6) is 0.481. The smallest absolute Gasteiger partial charge is 0.247 e. The van der Waals surface area contributed by atoms with Gasteiger partial charge in [0.25, 0.3) is 0 Å². The molecular formula is C68H60BN. The lowest BCUT2D eigenvalue weighted by atomic mass is 9.34. The SMILES string of the molecule is CC1c2ccccc2B2c3cc(C(C)(C)C)ccc3N(c3ccccc3)c3cc(-c4cc(-c5c6ccccc6c(-c6ccccc6)c6ccccc56)cc(C(C)(C)C)c4)cc(c32)C1Cc1ccccc1. The fourth-order valence-corrected chi connectivity index (χ4v) is 12.1. The van der Waals surface area contributed by atoms with Crippen LogP contribution < -0.4 is 21.3 Å². The monoisotopic (exact) mass is 901 g/mol. The maximum atomic E-state index is 2.63. The minimum absolute atomic E-state index is 0.0126. The minimum atomic E-state index is -0.114. The first-order valence-corrected chi connectivity index (χ1v) is 25.4. The Kier molecular flexibility index (Phi) is 10.6. The van der Waals surface area contributed by atoms with E-state index in [-0.39, 0.29) is 29.4 Å². The third kappa shape index (κ3) is 7.39. The molecule has 0 fully saturated rings. The Balaban J connectivity index is 1.18. The van der Waals surface area contributed by atoms with Gasteiger partial charge in [-0.15, -0.1) is 0 Å². The number of hydrogen-bond acceptors (Lipinski definition) is 1. The van der Waals surface area contributed by atoms with Crippen molar-refractivity contribution in [1.29, 1.82) is 0 Å². The average molecular weight is 902 g/mol. The molecule has 10 aromatic carbocycles. The normalized spacial score (nSPS) is 15.4. The van der Waals surface area contributed by atoms with Gasteiger partial charge < -0.3 is 4.90 Å². The topological polar surface area (TPSA) is 3.24 Å². The van der Waals surface area contributed by atoms with Crippen LogP contribution in [0.5, 0.6) is 0 Å². The summed E-state index contributed by atoms with van der Waals surface area (Å²) in [4.78, 5) is 2.59. The number of nitrogens with zero attached hydrogens (tertiary/aromatic N) is 1. The summed E-state index contributed by atoms with van der Waals surface area (Å²) >= 11 is 0. The third-order valence-electron chi connectivity index (χ3n) is 15.7. The number of fused-ring (bicyclic) bond motifs is 6. The van der Waals surface area contributed by atoms with Crippen LogP contribution in [0.4, 0.5) is 17.1 Å². The molecule has 0 bridgehead atoms. The van der Waals surface area contributed by atoms with Crippen LogP contribution in [0, 0.1) is 0 Å². The van der Waals surface area contributed by atoms with E-state index in [1.54, 1.807) is 0 Å². The van der Waals surface area contributed by atoms with Gasteiger partial charge in [-0.25, -0.2) is 0 Å². The molecule has 0 N–H and O–H groups in total. The molecule has 0 saturated heterocycles. The van der Waals surface area contributed by atoms with Gasteiger partial charge in [0.1, 0.15) is 0 Å². The van der Waals surface area contributed by atoms with Crippen LogP contribution in [0.15, 0.2) is 212 Å². The van der Waals surface area contributed by atoms with Crippen LogP contribution in [0.25, 0.3) is 54.9 Å². The summed E-state index contributed by atoms with van der Waals surface area (Å²) < 4.78 is 0. The number of anilines is 3. The molecule has 2 heterocycles. The van der Waals surface area contributed by atoms with E-state index in [4.69, 9.17) is 0 Å². The van der Waals surface area contributed by atoms with Crippen molar-refractivity contribution in [2.45, 2.75) is 77.6 Å². The highest BCUT2D eigenvalue weighted by atomic mass is 15.1. The molecule has 0 spiro atoms. The van der Waals surface area contributed by atoms with Crippen molar-refractivity contribution in [2.24, 2.45) is 0 Å². The zero-order valence-corrected chi connectivity index (χ0v) is 41.6. The van der Waals surface area contributed by atoms with Crippen molar-refractivity contribution in [2.75, 3.05) is 4.90 Å². The number of benzene rings is 10. The molecule has 10 aromatic rings. The zero-order valence-electron chi connectivity index (χ0n) is 41.6. The second kappa shape index (κ2) is 16.9. The van der Waals surface area contributed by atoms with Gasteiger partial charge in [-0.3, -0.25) is 0 Å². The Labute approximate surface area is 415 Å². The Hall–Kier alpha value is -7.42. The highest BCUT2D eigenvalue weighted by Crippen LogP contribution is 2.48. The highest BCUT2D eigenvalue weighted by molar-refractivity contribution is 6.98. The van der Waals surface area contributed by atoms with Crippen LogP contribution in [-0.2, 0) is 17.3 Å². The fraction of sp³-hybridized carbons (Fsp3) is 0.176. The first-order chi connectivity index (χ1) is 33.9. The molecule has 0 aliphatic carbocycles. The molecule has 2 unspecified atom stereocenters. The Bertz CT molecular complexity index is 3560. The van der Waals surface area contributed by atoms with Crippen LogP contribution in [0.1, 0.15) is 88.1 Å². The van der Waals surface area contributed by atoms with Gasteiger partial charge in [0, 0.05) is 17.1 Å². The minimum Gasteiger partial charge on any atom is -0.311 e. The highest BCUT2D eigenvalue weighted by Gasteiger charge is 2.44. The largest absolute Gasteiger partial charge is 0.311 e. The summed E-state index contributed by atoms with van der Waals surface area (Å²) in [6.45, 7) is 16.7. The van der Waals surface area contributed by atoms with E-state index in [0.717, 1.165) is 6.42 Å². The van der Waals surface area contributed by atoms with Crippen LogP contribution >= 0.6 is 0 Å². The molecule has 0 saturated carbocycles. The fourth-order valence-electron chi connectivity index (χ4n) is 12.1. The van der Waals surface area contributed by atoms with Crippen molar-refractivity contribution >= 4 is 61.7 Å². The molecule has 0 aromatic heterocycles. The second-order valence-corrected chi connectivity index (χ2v) is 22.1. The molecule has 12 rings (SSSR count). The van der Waals surface area contributed by atoms with Crippen molar-refractivity contribution in [3.05, 3.63) is 240 Å².